The number of rotatable bonds is 6. The molecule has 0 radical (unpaired) electrons. The average Bonchev–Trinajstić information content (AvgIpc) is 2.59. The van der Waals surface area contributed by atoms with Gasteiger partial charge < -0.3 is 15.4 Å². The molecule has 2 N–H and O–H groups in total. The van der Waals surface area contributed by atoms with E-state index in [9.17, 15) is 4.79 Å². The van der Waals surface area contributed by atoms with Gasteiger partial charge in [-0.15, -0.1) is 0 Å². The molecule has 0 saturated heterocycles. The molecule has 4 nitrogen and oxygen atoms in total. The van der Waals surface area contributed by atoms with Crippen LogP contribution in [0.5, 0.6) is 5.75 Å². The normalized spacial score (nSPS) is 11.8. The molecular weight excluding hydrogens is 288 g/mol. The van der Waals surface area contributed by atoms with Gasteiger partial charge in [-0.3, -0.25) is 4.79 Å². The molecule has 0 saturated carbocycles. The number of nitrogens with zero attached hydrogens (tertiary/aromatic N) is 1. The Balaban J connectivity index is 2.09. The molecular formula is C19H24N2O2. The smallest absolute Gasteiger partial charge is 0.244 e. The minimum atomic E-state index is -0.631. The summed E-state index contributed by atoms with van der Waals surface area (Å²) in [7, 11) is 1.64. The van der Waals surface area contributed by atoms with Gasteiger partial charge in [-0.25, -0.2) is 0 Å². The SMILES string of the molecule is CCN(Cc1ccc(OC)cc1)C(=O)C(N)c1ccc(C)cc1. The first-order chi connectivity index (χ1) is 11.0. The standard InChI is InChI=1S/C19H24N2O2/c1-4-21(13-15-7-11-17(23-3)12-8-15)19(22)18(20)16-9-5-14(2)6-10-16/h5-12,18H,4,13,20H2,1-3H3. The van der Waals surface area contributed by atoms with Crippen LogP contribution in [-0.4, -0.2) is 24.5 Å². The third-order valence-corrected chi connectivity index (χ3v) is 3.93. The van der Waals surface area contributed by atoms with Gasteiger partial charge in [0, 0.05) is 13.1 Å². The summed E-state index contributed by atoms with van der Waals surface area (Å²) in [6.45, 7) is 5.13. The molecule has 0 aliphatic heterocycles. The summed E-state index contributed by atoms with van der Waals surface area (Å²) in [4.78, 5) is 14.4. The van der Waals surface area contributed by atoms with Gasteiger partial charge in [0.2, 0.25) is 5.91 Å². The Kier molecular flexibility index (Phi) is 5.77. The second kappa shape index (κ2) is 7.79. The van der Waals surface area contributed by atoms with Crippen molar-refractivity contribution in [3.05, 3.63) is 65.2 Å². The maximum atomic E-state index is 12.7. The van der Waals surface area contributed by atoms with Crippen molar-refractivity contribution in [2.24, 2.45) is 5.73 Å². The summed E-state index contributed by atoms with van der Waals surface area (Å²) in [5.74, 6) is 0.742. The number of hydrogen-bond acceptors (Lipinski definition) is 3. The molecule has 0 spiro atoms. The summed E-state index contributed by atoms with van der Waals surface area (Å²) < 4.78 is 5.15. The molecule has 23 heavy (non-hydrogen) atoms. The van der Waals surface area contributed by atoms with Crippen LogP contribution in [0.4, 0.5) is 0 Å². The highest BCUT2D eigenvalue weighted by Crippen LogP contribution is 2.17. The zero-order valence-electron chi connectivity index (χ0n) is 14.0. The Morgan fingerprint density at radius 2 is 1.74 bits per heavy atom. The number of methoxy groups -OCH3 is 1. The molecule has 0 bridgehead atoms. The van der Waals surface area contributed by atoms with Crippen molar-refractivity contribution >= 4 is 5.91 Å². The number of aryl methyl sites for hydroxylation is 1. The van der Waals surface area contributed by atoms with E-state index in [4.69, 9.17) is 10.5 Å². The number of nitrogens with two attached hydrogens (primary N) is 1. The monoisotopic (exact) mass is 312 g/mol. The molecule has 122 valence electrons. The molecule has 1 amide bonds. The third kappa shape index (κ3) is 4.33. The van der Waals surface area contributed by atoms with Crippen LogP contribution >= 0.6 is 0 Å². The molecule has 0 heterocycles. The van der Waals surface area contributed by atoms with Crippen LogP contribution in [0, 0.1) is 6.92 Å². The zero-order chi connectivity index (χ0) is 16.8. The largest absolute Gasteiger partial charge is 0.497 e. The highest BCUT2D eigenvalue weighted by atomic mass is 16.5. The predicted octanol–water partition coefficient (Wildman–Crippen LogP) is 3.05. The quantitative estimate of drug-likeness (QED) is 0.892. The second-order valence-electron chi connectivity index (χ2n) is 5.59. The van der Waals surface area contributed by atoms with Crippen molar-refractivity contribution in [3.63, 3.8) is 0 Å². The Bertz CT molecular complexity index is 635. The zero-order valence-corrected chi connectivity index (χ0v) is 14.0. The van der Waals surface area contributed by atoms with E-state index in [2.05, 4.69) is 0 Å². The van der Waals surface area contributed by atoms with Gasteiger partial charge in [-0.05, 0) is 37.1 Å². The van der Waals surface area contributed by atoms with E-state index in [1.807, 2.05) is 62.4 Å². The predicted molar refractivity (Wildman–Crippen MR) is 92.2 cm³/mol. The van der Waals surface area contributed by atoms with Crippen molar-refractivity contribution in [2.75, 3.05) is 13.7 Å². The Morgan fingerprint density at radius 1 is 1.13 bits per heavy atom. The van der Waals surface area contributed by atoms with E-state index in [1.54, 1.807) is 12.0 Å². The number of amides is 1. The number of carbonyl (C=O) groups excluding carboxylic acids is 1. The Morgan fingerprint density at radius 3 is 2.26 bits per heavy atom. The first-order valence-corrected chi connectivity index (χ1v) is 7.79. The van der Waals surface area contributed by atoms with Gasteiger partial charge >= 0.3 is 0 Å². The molecule has 2 rings (SSSR count). The molecule has 2 aromatic rings. The molecule has 1 unspecified atom stereocenters. The number of carbonyl (C=O) groups is 1. The Hall–Kier alpha value is -2.33. The number of benzene rings is 2. The van der Waals surface area contributed by atoms with Gasteiger partial charge in [0.05, 0.1) is 7.11 Å². The van der Waals surface area contributed by atoms with Crippen molar-refractivity contribution in [1.29, 1.82) is 0 Å². The lowest BCUT2D eigenvalue weighted by Crippen LogP contribution is -2.38. The van der Waals surface area contributed by atoms with Crippen LogP contribution < -0.4 is 10.5 Å². The number of likely N-dealkylation sites (N-methyl/N-ethyl adjacent to an activating group) is 1. The van der Waals surface area contributed by atoms with Crippen LogP contribution in [0.3, 0.4) is 0 Å². The highest BCUT2D eigenvalue weighted by Gasteiger charge is 2.21. The maximum Gasteiger partial charge on any atom is 0.244 e. The van der Waals surface area contributed by atoms with Crippen molar-refractivity contribution in [1.82, 2.24) is 4.90 Å². The Labute approximate surface area is 137 Å². The molecule has 0 aliphatic rings. The van der Waals surface area contributed by atoms with Crippen LogP contribution in [0.15, 0.2) is 48.5 Å². The van der Waals surface area contributed by atoms with Crippen molar-refractivity contribution < 1.29 is 9.53 Å². The fraction of sp³-hybridized carbons (Fsp3) is 0.316. The van der Waals surface area contributed by atoms with E-state index in [-0.39, 0.29) is 5.91 Å². The van der Waals surface area contributed by atoms with Crippen molar-refractivity contribution in [2.45, 2.75) is 26.4 Å². The first-order valence-electron chi connectivity index (χ1n) is 7.79. The summed E-state index contributed by atoms with van der Waals surface area (Å²) in [6.07, 6.45) is 0. The van der Waals surface area contributed by atoms with Crippen LogP contribution in [0.25, 0.3) is 0 Å². The second-order valence-corrected chi connectivity index (χ2v) is 5.59. The van der Waals surface area contributed by atoms with Gasteiger partial charge in [-0.1, -0.05) is 42.0 Å². The molecule has 2 aromatic carbocycles. The fourth-order valence-electron chi connectivity index (χ4n) is 2.41. The lowest BCUT2D eigenvalue weighted by atomic mass is 10.0. The van der Waals surface area contributed by atoms with E-state index >= 15 is 0 Å². The minimum absolute atomic E-state index is 0.0628. The molecule has 0 aliphatic carbocycles. The lowest BCUT2D eigenvalue weighted by Gasteiger charge is -2.25. The van der Waals surface area contributed by atoms with E-state index < -0.39 is 6.04 Å². The van der Waals surface area contributed by atoms with Crippen LogP contribution in [0.2, 0.25) is 0 Å². The molecule has 1 atom stereocenters. The van der Waals surface area contributed by atoms with E-state index in [1.165, 1.54) is 0 Å². The van der Waals surface area contributed by atoms with Crippen LogP contribution in [0.1, 0.15) is 29.7 Å². The molecule has 0 aromatic heterocycles. The summed E-state index contributed by atoms with van der Waals surface area (Å²) in [6, 6.07) is 14.9. The average molecular weight is 312 g/mol. The topological polar surface area (TPSA) is 55.6 Å². The lowest BCUT2D eigenvalue weighted by molar-refractivity contribution is -0.133. The third-order valence-electron chi connectivity index (χ3n) is 3.93. The van der Waals surface area contributed by atoms with E-state index in [0.717, 1.165) is 22.4 Å². The van der Waals surface area contributed by atoms with Gasteiger partial charge in [0.1, 0.15) is 11.8 Å². The summed E-state index contributed by atoms with van der Waals surface area (Å²) in [5.41, 5.74) is 9.20. The summed E-state index contributed by atoms with van der Waals surface area (Å²) in [5, 5.41) is 0. The first kappa shape index (κ1) is 17.0. The van der Waals surface area contributed by atoms with Gasteiger partial charge in [-0.2, -0.15) is 0 Å². The van der Waals surface area contributed by atoms with Crippen molar-refractivity contribution in [3.8, 4) is 5.75 Å². The van der Waals surface area contributed by atoms with Gasteiger partial charge in [0.25, 0.3) is 0 Å². The minimum Gasteiger partial charge on any atom is -0.497 e. The van der Waals surface area contributed by atoms with Crippen LogP contribution in [-0.2, 0) is 11.3 Å². The number of ether oxygens (including phenoxy) is 1. The van der Waals surface area contributed by atoms with Gasteiger partial charge in [0.15, 0.2) is 0 Å². The fourth-order valence-corrected chi connectivity index (χ4v) is 2.41. The number of hydrogen-bond donors (Lipinski definition) is 1. The molecule has 0 fully saturated rings. The molecule has 4 heteroatoms. The summed E-state index contributed by atoms with van der Waals surface area (Å²) >= 11 is 0. The highest BCUT2D eigenvalue weighted by molar-refractivity contribution is 5.83. The van der Waals surface area contributed by atoms with E-state index in [0.29, 0.717) is 13.1 Å². The maximum absolute atomic E-state index is 12.7.